The van der Waals surface area contributed by atoms with Crippen molar-refractivity contribution in [3.05, 3.63) is 46.6 Å². The van der Waals surface area contributed by atoms with Gasteiger partial charge in [0, 0.05) is 56.0 Å². The molecule has 1 N–H and O–H groups in total. The van der Waals surface area contributed by atoms with Crippen LogP contribution >= 0.6 is 11.6 Å². The summed E-state index contributed by atoms with van der Waals surface area (Å²) in [6, 6.07) is 7.64. The van der Waals surface area contributed by atoms with Crippen LogP contribution in [0.1, 0.15) is 44.2 Å². The lowest BCUT2D eigenvalue weighted by molar-refractivity contribution is -0.121. The number of aromatic nitrogens is 1. The monoisotopic (exact) mass is 459 g/mol. The van der Waals surface area contributed by atoms with E-state index < -0.39 is 0 Å². The number of nitrogens with one attached hydrogen (secondary N) is 1. The molecule has 0 radical (unpaired) electrons. The summed E-state index contributed by atoms with van der Waals surface area (Å²) in [5.74, 6) is 2.51. The third-order valence-electron chi connectivity index (χ3n) is 5.64. The van der Waals surface area contributed by atoms with E-state index >= 15 is 0 Å². The van der Waals surface area contributed by atoms with Crippen LogP contribution in [-0.4, -0.2) is 41.8 Å². The van der Waals surface area contributed by atoms with Crippen LogP contribution in [0.2, 0.25) is 5.02 Å². The molecule has 1 aromatic carbocycles. The van der Waals surface area contributed by atoms with Gasteiger partial charge in [-0.3, -0.25) is 9.69 Å². The zero-order valence-corrected chi connectivity index (χ0v) is 19.4. The highest BCUT2D eigenvalue weighted by Gasteiger charge is 2.23. The number of rotatable bonds is 8. The van der Waals surface area contributed by atoms with E-state index in [9.17, 15) is 4.79 Å². The molecule has 172 valence electrons. The molecule has 0 atom stereocenters. The van der Waals surface area contributed by atoms with Crippen LogP contribution in [0.4, 0.5) is 0 Å². The van der Waals surface area contributed by atoms with Crippen molar-refractivity contribution in [1.29, 1.82) is 0 Å². The molecule has 1 aromatic heterocycles. The fourth-order valence-corrected chi connectivity index (χ4v) is 4.12. The zero-order chi connectivity index (χ0) is 22.5. The number of carbonyl (C=O) groups excluding carboxylic acids is 1. The Kier molecular flexibility index (Phi) is 7.37. The Hall–Kier alpha value is -2.51. The number of amides is 1. The first kappa shape index (κ1) is 22.7. The number of piperidine rings is 1. The molecule has 7 nitrogen and oxygen atoms in total. The van der Waals surface area contributed by atoms with E-state index in [0.29, 0.717) is 35.5 Å². The lowest BCUT2D eigenvalue weighted by Gasteiger charge is -2.32. The Balaban J connectivity index is 1.22. The minimum Gasteiger partial charge on any atom is -0.474 e. The molecule has 1 amide bonds. The molecule has 1 fully saturated rings. The van der Waals surface area contributed by atoms with Crippen molar-refractivity contribution in [2.75, 3.05) is 19.9 Å². The molecular weight excluding hydrogens is 430 g/mol. The number of benzene rings is 1. The predicted octanol–water partition coefficient (Wildman–Crippen LogP) is 4.17. The van der Waals surface area contributed by atoms with Gasteiger partial charge in [0.1, 0.15) is 6.10 Å². The largest absolute Gasteiger partial charge is 0.474 e. The van der Waals surface area contributed by atoms with Gasteiger partial charge in [0.05, 0.1) is 0 Å². The Bertz CT molecular complexity index is 928. The molecule has 2 aliphatic rings. The highest BCUT2D eigenvalue weighted by Crippen LogP contribution is 2.37. The smallest absolute Gasteiger partial charge is 0.231 e. The van der Waals surface area contributed by atoms with E-state index in [1.165, 1.54) is 0 Å². The van der Waals surface area contributed by atoms with Crippen molar-refractivity contribution < 1.29 is 19.0 Å². The SMILES string of the molecule is CC(C)CC(=O)NCc1ccc(OC2CCN(Cc3cc4c(cc3Cl)OCO4)CC2)nc1. The van der Waals surface area contributed by atoms with Crippen molar-refractivity contribution in [3.8, 4) is 17.4 Å². The maximum Gasteiger partial charge on any atom is 0.231 e. The topological polar surface area (TPSA) is 72.9 Å². The second-order valence-corrected chi connectivity index (χ2v) is 9.18. The third kappa shape index (κ3) is 6.04. The molecule has 0 unspecified atom stereocenters. The molecule has 2 aromatic rings. The Morgan fingerprint density at radius 3 is 2.69 bits per heavy atom. The van der Waals surface area contributed by atoms with Crippen LogP contribution in [0.3, 0.4) is 0 Å². The van der Waals surface area contributed by atoms with E-state index in [4.69, 9.17) is 25.8 Å². The molecular formula is C24H30ClN3O4. The van der Waals surface area contributed by atoms with Gasteiger partial charge in [0.2, 0.25) is 18.6 Å². The molecule has 0 saturated carbocycles. The Morgan fingerprint density at radius 2 is 2.00 bits per heavy atom. The fourth-order valence-electron chi connectivity index (χ4n) is 3.91. The van der Waals surface area contributed by atoms with Crippen LogP contribution in [0.25, 0.3) is 0 Å². The average molecular weight is 460 g/mol. The summed E-state index contributed by atoms with van der Waals surface area (Å²) in [6.45, 7) is 7.43. The van der Waals surface area contributed by atoms with Gasteiger partial charge in [-0.15, -0.1) is 0 Å². The van der Waals surface area contributed by atoms with Gasteiger partial charge in [-0.25, -0.2) is 4.98 Å². The van der Waals surface area contributed by atoms with Gasteiger partial charge in [0.15, 0.2) is 11.5 Å². The lowest BCUT2D eigenvalue weighted by Crippen LogP contribution is -2.38. The quantitative estimate of drug-likeness (QED) is 0.638. The van der Waals surface area contributed by atoms with Crippen LogP contribution in [0.15, 0.2) is 30.5 Å². The van der Waals surface area contributed by atoms with E-state index in [1.807, 2.05) is 38.1 Å². The van der Waals surface area contributed by atoms with Gasteiger partial charge >= 0.3 is 0 Å². The van der Waals surface area contributed by atoms with Gasteiger partial charge in [0.25, 0.3) is 0 Å². The maximum atomic E-state index is 11.8. The van der Waals surface area contributed by atoms with E-state index in [-0.39, 0.29) is 18.8 Å². The molecule has 32 heavy (non-hydrogen) atoms. The first-order valence-electron chi connectivity index (χ1n) is 11.1. The number of carbonyl (C=O) groups is 1. The number of likely N-dealkylation sites (tertiary alicyclic amines) is 1. The number of ether oxygens (including phenoxy) is 3. The fraction of sp³-hybridized carbons (Fsp3) is 0.500. The summed E-state index contributed by atoms with van der Waals surface area (Å²) in [5, 5.41) is 3.63. The molecule has 4 rings (SSSR count). The summed E-state index contributed by atoms with van der Waals surface area (Å²) in [6.07, 6.45) is 4.30. The summed E-state index contributed by atoms with van der Waals surface area (Å²) in [5.41, 5.74) is 2.01. The van der Waals surface area contributed by atoms with Gasteiger partial charge in [-0.2, -0.15) is 0 Å². The van der Waals surface area contributed by atoms with Gasteiger partial charge in [-0.1, -0.05) is 31.5 Å². The highest BCUT2D eigenvalue weighted by molar-refractivity contribution is 6.31. The number of halogens is 1. The molecule has 0 spiro atoms. The second-order valence-electron chi connectivity index (χ2n) is 8.77. The molecule has 0 bridgehead atoms. The van der Waals surface area contributed by atoms with Gasteiger partial charge in [-0.05, 0) is 36.0 Å². The minimum atomic E-state index is 0.0640. The van der Waals surface area contributed by atoms with Crippen LogP contribution in [0.5, 0.6) is 17.4 Å². The van der Waals surface area contributed by atoms with Crippen LogP contribution in [0, 0.1) is 5.92 Å². The highest BCUT2D eigenvalue weighted by atomic mass is 35.5. The predicted molar refractivity (Wildman–Crippen MR) is 122 cm³/mol. The van der Waals surface area contributed by atoms with Crippen LogP contribution < -0.4 is 19.5 Å². The Morgan fingerprint density at radius 1 is 1.25 bits per heavy atom. The molecule has 2 aliphatic heterocycles. The normalized spacial score (nSPS) is 16.4. The van der Waals surface area contributed by atoms with Crippen molar-refractivity contribution in [3.63, 3.8) is 0 Å². The molecule has 8 heteroatoms. The number of hydrogen-bond acceptors (Lipinski definition) is 6. The maximum absolute atomic E-state index is 11.8. The van der Waals surface area contributed by atoms with Crippen molar-refractivity contribution in [2.45, 2.75) is 52.3 Å². The van der Waals surface area contributed by atoms with E-state index in [1.54, 1.807) is 6.20 Å². The summed E-state index contributed by atoms with van der Waals surface area (Å²) in [7, 11) is 0. The second kappa shape index (κ2) is 10.4. The van der Waals surface area contributed by atoms with Crippen LogP contribution in [-0.2, 0) is 17.9 Å². The lowest BCUT2D eigenvalue weighted by atomic mass is 10.1. The number of pyridine rings is 1. The summed E-state index contributed by atoms with van der Waals surface area (Å²) >= 11 is 6.42. The first-order chi connectivity index (χ1) is 15.5. The number of hydrogen-bond donors (Lipinski definition) is 1. The third-order valence-corrected chi connectivity index (χ3v) is 5.99. The average Bonchev–Trinajstić information content (AvgIpc) is 3.21. The molecule has 1 saturated heterocycles. The zero-order valence-electron chi connectivity index (χ0n) is 18.6. The molecule has 0 aliphatic carbocycles. The Labute approximate surface area is 194 Å². The number of fused-ring (bicyclic) bond motifs is 1. The van der Waals surface area contributed by atoms with E-state index in [0.717, 1.165) is 49.4 Å². The van der Waals surface area contributed by atoms with E-state index in [2.05, 4.69) is 15.2 Å². The minimum absolute atomic E-state index is 0.0640. The van der Waals surface area contributed by atoms with Gasteiger partial charge < -0.3 is 19.5 Å². The first-order valence-corrected chi connectivity index (χ1v) is 11.5. The van der Waals surface area contributed by atoms with Crippen molar-refractivity contribution >= 4 is 17.5 Å². The molecule has 3 heterocycles. The number of nitrogens with zero attached hydrogens (tertiary/aromatic N) is 2. The standard InChI is InChI=1S/C24H30ClN3O4/c1-16(2)9-23(29)26-12-17-3-4-24(27-13-17)32-19-5-7-28(8-6-19)14-18-10-21-22(11-20(18)25)31-15-30-21/h3-4,10-11,13,16,19H,5-9,12,14-15H2,1-2H3,(H,26,29). The van der Waals surface area contributed by atoms with Crippen molar-refractivity contribution in [1.82, 2.24) is 15.2 Å². The summed E-state index contributed by atoms with van der Waals surface area (Å²) in [4.78, 5) is 18.6. The van der Waals surface area contributed by atoms with Crippen molar-refractivity contribution in [2.24, 2.45) is 5.92 Å². The summed E-state index contributed by atoms with van der Waals surface area (Å²) < 4.78 is 16.9.